The maximum Gasteiger partial charge on any atom is 0.306 e. The first-order valence-electron chi connectivity index (χ1n) is 27.2. The lowest BCUT2D eigenvalue weighted by molar-refractivity contribution is -0.151. The highest BCUT2D eigenvalue weighted by molar-refractivity contribution is 5.77. The van der Waals surface area contributed by atoms with Crippen molar-refractivity contribution >= 4 is 11.9 Å². The fourth-order valence-corrected chi connectivity index (χ4v) is 8.28. The van der Waals surface area contributed by atoms with Gasteiger partial charge in [-0.05, 0) is 83.5 Å². The van der Waals surface area contributed by atoms with Crippen LogP contribution in [-0.2, 0) is 14.3 Å². The molecule has 0 spiro atoms. The molecule has 0 aromatic carbocycles. The number of aliphatic hydroxyl groups is 2. The van der Waals surface area contributed by atoms with Gasteiger partial charge in [-0.3, -0.25) is 9.59 Å². The van der Waals surface area contributed by atoms with Crippen LogP contribution in [0.3, 0.4) is 0 Å². The lowest BCUT2D eigenvalue weighted by Gasteiger charge is -2.24. The van der Waals surface area contributed by atoms with E-state index in [9.17, 15) is 19.8 Å². The zero-order valence-electron chi connectivity index (χ0n) is 41.5. The van der Waals surface area contributed by atoms with Gasteiger partial charge in [0.05, 0.1) is 25.2 Å². The van der Waals surface area contributed by atoms with E-state index in [1.807, 2.05) is 0 Å². The summed E-state index contributed by atoms with van der Waals surface area (Å²) in [4.78, 5) is 26.2. The SMILES string of the molecule is CCCCC/C=C\C/C=C\CCCCCCCCCC(=O)OC(CCCCC/C=C/CCCCCCCCC)CC(=O)NC(CO)C(O)CCCCCCCCCCCCCC. The van der Waals surface area contributed by atoms with Gasteiger partial charge >= 0.3 is 5.97 Å². The molecule has 0 aliphatic rings. The van der Waals surface area contributed by atoms with Gasteiger partial charge in [-0.15, -0.1) is 0 Å². The molecule has 3 N–H and O–H groups in total. The Labute approximate surface area is 385 Å². The first kappa shape index (κ1) is 60.1. The molecule has 0 heterocycles. The minimum atomic E-state index is -0.791. The van der Waals surface area contributed by atoms with Gasteiger partial charge in [0.25, 0.3) is 0 Å². The van der Waals surface area contributed by atoms with Gasteiger partial charge in [0.2, 0.25) is 5.91 Å². The van der Waals surface area contributed by atoms with E-state index in [4.69, 9.17) is 4.74 Å². The van der Waals surface area contributed by atoms with E-state index >= 15 is 0 Å². The Morgan fingerprint density at radius 1 is 0.468 bits per heavy atom. The second kappa shape index (κ2) is 50.1. The molecule has 0 bridgehead atoms. The molecular weight excluding hydrogens is 767 g/mol. The molecule has 0 aliphatic carbocycles. The largest absolute Gasteiger partial charge is 0.462 e. The Kier molecular flexibility index (Phi) is 48.5. The topological polar surface area (TPSA) is 95.9 Å². The molecule has 0 saturated heterocycles. The average Bonchev–Trinajstić information content (AvgIpc) is 3.26. The van der Waals surface area contributed by atoms with Gasteiger partial charge < -0.3 is 20.3 Å². The summed E-state index contributed by atoms with van der Waals surface area (Å²) in [5.74, 6) is -0.488. The molecule has 1 amide bonds. The molecule has 0 aromatic rings. The van der Waals surface area contributed by atoms with E-state index in [2.05, 4.69) is 62.5 Å². The Hall–Kier alpha value is -1.92. The lowest BCUT2D eigenvalue weighted by Crippen LogP contribution is -2.46. The molecule has 0 aliphatic heterocycles. The van der Waals surface area contributed by atoms with Gasteiger partial charge in [0.15, 0.2) is 0 Å². The van der Waals surface area contributed by atoms with E-state index in [-0.39, 0.29) is 24.9 Å². The van der Waals surface area contributed by atoms with Crippen molar-refractivity contribution in [3.05, 3.63) is 36.5 Å². The summed E-state index contributed by atoms with van der Waals surface area (Å²) in [6.45, 7) is 6.46. The van der Waals surface area contributed by atoms with E-state index in [0.717, 1.165) is 77.0 Å². The van der Waals surface area contributed by atoms with Crippen LogP contribution in [0.4, 0.5) is 0 Å². The van der Waals surface area contributed by atoms with Gasteiger partial charge in [0, 0.05) is 6.42 Å². The molecular formula is C56H105NO5. The van der Waals surface area contributed by atoms with E-state index < -0.39 is 18.2 Å². The summed E-state index contributed by atoms with van der Waals surface area (Å²) in [5, 5.41) is 23.8. The first-order chi connectivity index (χ1) is 30.5. The van der Waals surface area contributed by atoms with Crippen LogP contribution in [0.1, 0.15) is 284 Å². The number of hydrogen-bond donors (Lipinski definition) is 3. The number of amides is 1. The van der Waals surface area contributed by atoms with Crippen LogP contribution in [-0.4, -0.2) is 46.9 Å². The highest BCUT2D eigenvalue weighted by Crippen LogP contribution is 2.18. The monoisotopic (exact) mass is 872 g/mol. The van der Waals surface area contributed by atoms with Crippen molar-refractivity contribution in [2.75, 3.05) is 6.61 Å². The smallest absolute Gasteiger partial charge is 0.306 e. The lowest BCUT2D eigenvalue weighted by atomic mass is 10.0. The number of unbranched alkanes of at least 4 members (excludes halogenated alkanes) is 31. The fraction of sp³-hybridized carbons (Fsp3) is 0.857. The average molecular weight is 872 g/mol. The molecule has 364 valence electrons. The maximum atomic E-state index is 13.2. The third kappa shape index (κ3) is 44.7. The van der Waals surface area contributed by atoms with Crippen molar-refractivity contribution in [1.29, 1.82) is 0 Å². The van der Waals surface area contributed by atoms with Crippen molar-refractivity contribution in [3.8, 4) is 0 Å². The standard InChI is InChI=1S/C56H105NO5/c1-4-7-10-13-16-19-22-25-27-28-29-31-34-37-40-43-46-49-56(61)62-52(47-44-41-38-35-32-30-26-23-20-17-14-11-8-5-2)50-55(60)57-53(51-58)54(59)48-45-42-39-36-33-24-21-18-15-12-9-6-3/h16,19,25,27,30,32,52-54,58-59H,4-15,17-18,20-24,26,28-29,31,33-51H2,1-3H3,(H,57,60)/b19-16-,27-25-,32-30+. The van der Waals surface area contributed by atoms with Crippen molar-refractivity contribution in [2.24, 2.45) is 0 Å². The summed E-state index contributed by atoms with van der Waals surface area (Å²) in [6, 6.07) is -0.705. The molecule has 0 aromatic heterocycles. The summed E-state index contributed by atoms with van der Waals surface area (Å²) < 4.78 is 5.94. The predicted octanol–water partition coefficient (Wildman–Crippen LogP) is 16.5. The molecule has 3 unspecified atom stereocenters. The zero-order chi connectivity index (χ0) is 45.2. The number of hydrogen-bond acceptors (Lipinski definition) is 5. The number of rotatable bonds is 49. The molecule has 0 fully saturated rings. The fourth-order valence-electron chi connectivity index (χ4n) is 8.28. The van der Waals surface area contributed by atoms with Crippen LogP contribution in [0.25, 0.3) is 0 Å². The molecule has 62 heavy (non-hydrogen) atoms. The highest BCUT2D eigenvalue weighted by atomic mass is 16.5. The molecule has 0 rings (SSSR count). The first-order valence-corrected chi connectivity index (χ1v) is 27.2. The molecule has 6 heteroatoms. The Bertz CT molecular complexity index is 1020. The van der Waals surface area contributed by atoms with Crippen molar-refractivity contribution in [1.82, 2.24) is 5.32 Å². The van der Waals surface area contributed by atoms with Crippen LogP contribution in [0.2, 0.25) is 0 Å². The van der Waals surface area contributed by atoms with E-state index in [1.54, 1.807) is 0 Å². The molecule has 0 saturated carbocycles. The highest BCUT2D eigenvalue weighted by Gasteiger charge is 2.24. The predicted molar refractivity (Wildman–Crippen MR) is 269 cm³/mol. The second-order valence-corrected chi connectivity index (χ2v) is 18.6. The Balaban J connectivity index is 4.58. The number of carbonyl (C=O) groups excluding carboxylic acids is 2. The van der Waals surface area contributed by atoms with Crippen LogP contribution >= 0.6 is 0 Å². The second-order valence-electron chi connectivity index (χ2n) is 18.6. The quantitative estimate of drug-likeness (QED) is 0.0321. The Morgan fingerprint density at radius 3 is 1.29 bits per heavy atom. The number of carbonyl (C=O) groups is 2. The van der Waals surface area contributed by atoms with Gasteiger partial charge in [-0.1, -0.05) is 224 Å². The number of aliphatic hydroxyl groups excluding tert-OH is 2. The third-order valence-corrected chi connectivity index (χ3v) is 12.4. The number of allylic oxidation sites excluding steroid dienone is 6. The van der Waals surface area contributed by atoms with Crippen LogP contribution in [0.5, 0.6) is 0 Å². The molecule has 6 nitrogen and oxygen atoms in total. The van der Waals surface area contributed by atoms with Crippen LogP contribution in [0.15, 0.2) is 36.5 Å². The number of nitrogens with one attached hydrogen (secondary N) is 1. The minimum Gasteiger partial charge on any atom is -0.462 e. The number of ether oxygens (including phenoxy) is 1. The van der Waals surface area contributed by atoms with Gasteiger partial charge in [-0.25, -0.2) is 0 Å². The summed E-state index contributed by atoms with van der Waals surface area (Å²) in [7, 11) is 0. The molecule has 0 radical (unpaired) electrons. The van der Waals surface area contributed by atoms with E-state index in [0.29, 0.717) is 19.3 Å². The van der Waals surface area contributed by atoms with Gasteiger partial charge in [-0.2, -0.15) is 0 Å². The third-order valence-electron chi connectivity index (χ3n) is 12.4. The summed E-state index contributed by atoms with van der Waals surface area (Å²) in [6.07, 6.45) is 59.2. The van der Waals surface area contributed by atoms with Crippen molar-refractivity contribution in [3.63, 3.8) is 0 Å². The zero-order valence-corrected chi connectivity index (χ0v) is 41.5. The maximum absolute atomic E-state index is 13.2. The Morgan fingerprint density at radius 2 is 0.823 bits per heavy atom. The number of esters is 1. The summed E-state index contributed by atoms with van der Waals surface area (Å²) in [5.41, 5.74) is 0. The summed E-state index contributed by atoms with van der Waals surface area (Å²) >= 11 is 0. The van der Waals surface area contributed by atoms with Crippen LogP contribution in [0, 0.1) is 0 Å². The van der Waals surface area contributed by atoms with Crippen LogP contribution < -0.4 is 5.32 Å². The van der Waals surface area contributed by atoms with Gasteiger partial charge in [0.1, 0.15) is 6.10 Å². The molecule has 3 atom stereocenters. The van der Waals surface area contributed by atoms with E-state index in [1.165, 1.54) is 161 Å². The van der Waals surface area contributed by atoms with Crippen molar-refractivity contribution in [2.45, 2.75) is 302 Å². The minimum absolute atomic E-state index is 0.0663. The van der Waals surface area contributed by atoms with Crippen molar-refractivity contribution < 1.29 is 24.5 Å². The normalized spacial score (nSPS) is 13.4.